The average molecular weight is 345 g/mol. The molecule has 3 rings (SSSR count). The third-order valence-corrected chi connectivity index (χ3v) is 4.10. The lowest BCUT2D eigenvalue weighted by molar-refractivity contribution is -0.117. The standard InChI is InChI=1S/C18H13F2NO2S/c19-14-5-3-6-15(20)18(14)23-16-7-2-1-4-12(16)10-13(22)11-17-21-8-9-24-17/h1-9H,10-11H2. The van der Waals surface area contributed by atoms with E-state index in [-0.39, 0.29) is 24.4 Å². The van der Waals surface area contributed by atoms with Gasteiger partial charge in [0.1, 0.15) is 11.5 Å². The van der Waals surface area contributed by atoms with Crippen LogP contribution < -0.4 is 4.74 Å². The molecule has 6 heteroatoms. The van der Waals surface area contributed by atoms with Crippen LogP contribution in [0, 0.1) is 11.6 Å². The van der Waals surface area contributed by atoms with Crippen LogP contribution in [0.4, 0.5) is 8.78 Å². The van der Waals surface area contributed by atoms with Gasteiger partial charge in [0.15, 0.2) is 17.4 Å². The molecule has 24 heavy (non-hydrogen) atoms. The third kappa shape index (κ3) is 3.83. The zero-order valence-electron chi connectivity index (χ0n) is 12.5. The summed E-state index contributed by atoms with van der Waals surface area (Å²) in [5, 5.41) is 2.54. The fraction of sp³-hybridized carbons (Fsp3) is 0.111. The fourth-order valence-corrected chi connectivity index (χ4v) is 2.87. The first kappa shape index (κ1) is 16.3. The number of carbonyl (C=O) groups is 1. The molecule has 0 aliphatic heterocycles. The van der Waals surface area contributed by atoms with Crippen LogP contribution in [0.2, 0.25) is 0 Å². The van der Waals surface area contributed by atoms with Gasteiger partial charge in [-0.05, 0) is 18.2 Å². The maximum atomic E-state index is 13.7. The van der Waals surface area contributed by atoms with Crippen molar-refractivity contribution in [3.8, 4) is 11.5 Å². The van der Waals surface area contributed by atoms with Gasteiger partial charge in [0.25, 0.3) is 0 Å². The summed E-state index contributed by atoms with van der Waals surface area (Å²) in [4.78, 5) is 16.3. The van der Waals surface area contributed by atoms with E-state index in [1.807, 2.05) is 0 Å². The summed E-state index contributed by atoms with van der Waals surface area (Å²) in [6.07, 6.45) is 1.97. The van der Waals surface area contributed by atoms with Gasteiger partial charge in [0, 0.05) is 23.6 Å². The van der Waals surface area contributed by atoms with Crippen LogP contribution in [0.1, 0.15) is 10.6 Å². The molecule has 0 bridgehead atoms. The van der Waals surface area contributed by atoms with Crippen molar-refractivity contribution in [2.45, 2.75) is 12.8 Å². The number of para-hydroxylation sites is 2. The molecule has 0 unspecified atom stereocenters. The van der Waals surface area contributed by atoms with E-state index in [9.17, 15) is 13.6 Å². The highest BCUT2D eigenvalue weighted by atomic mass is 32.1. The van der Waals surface area contributed by atoms with Crippen LogP contribution in [0.25, 0.3) is 0 Å². The van der Waals surface area contributed by atoms with E-state index in [1.165, 1.54) is 17.4 Å². The second kappa shape index (κ2) is 7.31. The zero-order valence-corrected chi connectivity index (χ0v) is 13.4. The van der Waals surface area contributed by atoms with Gasteiger partial charge in [-0.15, -0.1) is 11.3 Å². The number of halogens is 2. The number of hydrogen-bond donors (Lipinski definition) is 0. The molecular weight excluding hydrogens is 332 g/mol. The first-order valence-corrected chi connectivity index (χ1v) is 8.11. The number of thiazole rings is 1. The van der Waals surface area contributed by atoms with Gasteiger partial charge >= 0.3 is 0 Å². The number of rotatable bonds is 6. The van der Waals surface area contributed by atoms with E-state index in [1.54, 1.807) is 35.8 Å². The Labute approximate surface area is 141 Å². The Bertz CT molecular complexity index is 830. The number of benzene rings is 2. The van der Waals surface area contributed by atoms with Crippen LogP contribution in [-0.2, 0) is 17.6 Å². The molecule has 3 aromatic rings. The molecular formula is C18H13F2NO2S. The minimum atomic E-state index is -0.793. The molecule has 0 spiro atoms. The summed E-state index contributed by atoms with van der Waals surface area (Å²) >= 11 is 1.41. The predicted octanol–water partition coefficient (Wildman–Crippen LogP) is 4.57. The molecule has 0 amide bonds. The lowest BCUT2D eigenvalue weighted by atomic mass is 10.1. The predicted molar refractivity (Wildman–Crippen MR) is 87.4 cm³/mol. The fourth-order valence-electron chi connectivity index (χ4n) is 2.22. The van der Waals surface area contributed by atoms with Crippen molar-refractivity contribution in [2.24, 2.45) is 0 Å². The van der Waals surface area contributed by atoms with E-state index in [4.69, 9.17) is 4.74 Å². The van der Waals surface area contributed by atoms with Crippen molar-refractivity contribution in [2.75, 3.05) is 0 Å². The Morgan fingerprint density at radius 2 is 1.79 bits per heavy atom. The van der Waals surface area contributed by atoms with Crippen molar-refractivity contribution in [3.63, 3.8) is 0 Å². The Morgan fingerprint density at radius 1 is 1.04 bits per heavy atom. The molecule has 3 nitrogen and oxygen atoms in total. The Kier molecular flexibility index (Phi) is 4.96. The lowest BCUT2D eigenvalue weighted by Crippen LogP contribution is -2.07. The van der Waals surface area contributed by atoms with E-state index >= 15 is 0 Å². The number of nitrogens with zero attached hydrogens (tertiary/aromatic N) is 1. The minimum absolute atomic E-state index is 0.0463. The van der Waals surface area contributed by atoms with Crippen molar-refractivity contribution in [3.05, 3.63) is 76.2 Å². The summed E-state index contributed by atoms with van der Waals surface area (Å²) in [7, 11) is 0. The molecule has 122 valence electrons. The smallest absolute Gasteiger partial charge is 0.198 e. The molecule has 0 fully saturated rings. The zero-order chi connectivity index (χ0) is 16.9. The summed E-state index contributed by atoms with van der Waals surface area (Å²) in [6, 6.07) is 10.2. The second-order valence-corrected chi connectivity index (χ2v) is 6.06. The highest BCUT2D eigenvalue weighted by Gasteiger charge is 2.15. The first-order valence-electron chi connectivity index (χ1n) is 7.23. The quantitative estimate of drug-likeness (QED) is 0.657. The average Bonchev–Trinajstić information content (AvgIpc) is 3.05. The van der Waals surface area contributed by atoms with Gasteiger partial charge in [-0.3, -0.25) is 4.79 Å². The molecule has 1 heterocycles. The number of ether oxygens (including phenoxy) is 1. The number of ketones is 1. The van der Waals surface area contributed by atoms with Gasteiger partial charge in [0.05, 0.1) is 11.4 Å². The number of carbonyl (C=O) groups excluding carboxylic acids is 1. The minimum Gasteiger partial charge on any atom is -0.451 e. The largest absolute Gasteiger partial charge is 0.451 e. The highest BCUT2D eigenvalue weighted by molar-refractivity contribution is 7.09. The van der Waals surface area contributed by atoms with Crippen LogP contribution in [0.15, 0.2) is 54.0 Å². The molecule has 0 N–H and O–H groups in total. The normalized spacial score (nSPS) is 10.6. The Hall–Kier alpha value is -2.60. The Balaban J connectivity index is 1.79. The van der Waals surface area contributed by atoms with Crippen molar-refractivity contribution >= 4 is 17.1 Å². The Morgan fingerprint density at radius 3 is 2.50 bits per heavy atom. The first-order chi connectivity index (χ1) is 11.6. The summed E-state index contributed by atoms with van der Waals surface area (Å²) in [5.41, 5.74) is 0.571. The monoisotopic (exact) mass is 345 g/mol. The maximum Gasteiger partial charge on any atom is 0.198 e. The molecule has 1 aromatic heterocycles. The number of Topliss-reactive ketones (excluding diaryl/α,β-unsaturated/α-hetero) is 1. The SMILES string of the molecule is O=C(Cc1nccs1)Cc1ccccc1Oc1c(F)cccc1F. The van der Waals surface area contributed by atoms with Gasteiger partial charge < -0.3 is 4.74 Å². The van der Waals surface area contributed by atoms with Gasteiger partial charge in [-0.2, -0.15) is 0 Å². The topological polar surface area (TPSA) is 39.2 Å². The summed E-state index contributed by atoms with van der Waals surface area (Å²) in [6.45, 7) is 0. The number of hydrogen-bond acceptors (Lipinski definition) is 4. The van der Waals surface area contributed by atoms with E-state index in [0.29, 0.717) is 5.56 Å². The van der Waals surface area contributed by atoms with Crippen LogP contribution in [0.3, 0.4) is 0 Å². The van der Waals surface area contributed by atoms with Crippen LogP contribution in [-0.4, -0.2) is 10.8 Å². The third-order valence-electron chi connectivity index (χ3n) is 3.32. The molecule has 0 aliphatic rings. The van der Waals surface area contributed by atoms with Crippen LogP contribution >= 0.6 is 11.3 Å². The second-order valence-electron chi connectivity index (χ2n) is 5.08. The van der Waals surface area contributed by atoms with E-state index in [0.717, 1.165) is 17.1 Å². The van der Waals surface area contributed by atoms with Crippen LogP contribution in [0.5, 0.6) is 11.5 Å². The highest BCUT2D eigenvalue weighted by Crippen LogP contribution is 2.30. The van der Waals surface area contributed by atoms with Gasteiger partial charge in [-0.25, -0.2) is 13.8 Å². The lowest BCUT2D eigenvalue weighted by Gasteiger charge is -2.11. The van der Waals surface area contributed by atoms with Crippen molar-refractivity contribution < 1.29 is 18.3 Å². The van der Waals surface area contributed by atoms with Crippen molar-refractivity contribution in [1.29, 1.82) is 0 Å². The summed E-state index contributed by atoms with van der Waals surface area (Å²) in [5.74, 6) is -1.85. The molecule has 0 saturated heterocycles. The number of aromatic nitrogens is 1. The van der Waals surface area contributed by atoms with E-state index < -0.39 is 17.4 Å². The summed E-state index contributed by atoms with van der Waals surface area (Å²) < 4.78 is 32.9. The molecule has 0 radical (unpaired) electrons. The molecule has 0 aliphatic carbocycles. The van der Waals surface area contributed by atoms with E-state index in [2.05, 4.69) is 4.98 Å². The molecule has 0 atom stereocenters. The molecule has 2 aromatic carbocycles. The van der Waals surface area contributed by atoms with Gasteiger partial charge in [0.2, 0.25) is 0 Å². The molecule has 0 saturated carbocycles. The van der Waals surface area contributed by atoms with Crippen molar-refractivity contribution in [1.82, 2.24) is 4.98 Å². The van der Waals surface area contributed by atoms with Gasteiger partial charge in [-0.1, -0.05) is 24.3 Å². The maximum absolute atomic E-state index is 13.7.